The van der Waals surface area contributed by atoms with E-state index >= 15 is 0 Å². The highest BCUT2D eigenvalue weighted by atomic mass is 19.1. The zero-order valence-electron chi connectivity index (χ0n) is 8.33. The van der Waals surface area contributed by atoms with E-state index < -0.39 is 5.72 Å². The van der Waals surface area contributed by atoms with Crippen molar-refractivity contribution in [2.24, 2.45) is 0 Å². The standard InChI is InChI=1S/C11H12FNO2/c1-11(15)9(6-10(14)13-11)7-2-4-8(12)5-3-7/h2-5,9,15H,6H2,1H3,(H,13,14). The van der Waals surface area contributed by atoms with Crippen LogP contribution in [0.1, 0.15) is 24.8 Å². The summed E-state index contributed by atoms with van der Waals surface area (Å²) in [6.07, 6.45) is 0.235. The van der Waals surface area contributed by atoms with Gasteiger partial charge in [0.1, 0.15) is 11.5 Å². The normalized spacial score (nSPS) is 30.3. The summed E-state index contributed by atoms with van der Waals surface area (Å²) in [5.41, 5.74) is -0.478. The number of hydrogen-bond acceptors (Lipinski definition) is 2. The predicted octanol–water partition coefficient (Wildman–Crippen LogP) is 1.14. The van der Waals surface area contributed by atoms with Crippen molar-refractivity contribution in [1.29, 1.82) is 0 Å². The van der Waals surface area contributed by atoms with Crippen molar-refractivity contribution < 1.29 is 14.3 Å². The third kappa shape index (κ3) is 1.85. The summed E-state index contributed by atoms with van der Waals surface area (Å²) in [5, 5.41) is 12.4. The molecule has 2 unspecified atom stereocenters. The fourth-order valence-electron chi connectivity index (χ4n) is 1.94. The Morgan fingerprint density at radius 2 is 2.07 bits per heavy atom. The van der Waals surface area contributed by atoms with E-state index in [2.05, 4.69) is 5.32 Å². The summed E-state index contributed by atoms with van der Waals surface area (Å²) < 4.78 is 12.7. The fraction of sp³-hybridized carbons (Fsp3) is 0.364. The average molecular weight is 209 g/mol. The molecule has 2 rings (SSSR count). The largest absolute Gasteiger partial charge is 0.371 e. The van der Waals surface area contributed by atoms with Gasteiger partial charge in [0.2, 0.25) is 5.91 Å². The molecule has 1 saturated heterocycles. The van der Waals surface area contributed by atoms with Gasteiger partial charge in [-0.25, -0.2) is 4.39 Å². The van der Waals surface area contributed by atoms with Crippen LogP contribution in [-0.4, -0.2) is 16.7 Å². The maximum absolute atomic E-state index is 12.7. The van der Waals surface area contributed by atoms with E-state index in [0.717, 1.165) is 5.56 Å². The molecule has 0 spiro atoms. The van der Waals surface area contributed by atoms with Gasteiger partial charge in [-0.2, -0.15) is 0 Å². The lowest BCUT2D eigenvalue weighted by atomic mass is 9.90. The zero-order chi connectivity index (χ0) is 11.1. The van der Waals surface area contributed by atoms with Crippen LogP contribution in [0, 0.1) is 5.82 Å². The Hall–Kier alpha value is -1.42. The highest BCUT2D eigenvalue weighted by Gasteiger charge is 2.41. The third-order valence-corrected chi connectivity index (χ3v) is 2.73. The minimum Gasteiger partial charge on any atom is -0.371 e. The van der Waals surface area contributed by atoms with Crippen molar-refractivity contribution in [3.63, 3.8) is 0 Å². The quantitative estimate of drug-likeness (QED) is 0.728. The summed E-state index contributed by atoms with van der Waals surface area (Å²) in [6, 6.07) is 5.84. The highest BCUT2D eigenvalue weighted by Crippen LogP contribution is 2.34. The fourth-order valence-corrected chi connectivity index (χ4v) is 1.94. The van der Waals surface area contributed by atoms with Crippen LogP contribution in [0.4, 0.5) is 4.39 Å². The third-order valence-electron chi connectivity index (χ3n) is 2.73. The maximum Gasteiger partial charge on any atom is 0.222 e. The van der Waals surface area contributed by atoms with E-state index in [-0.39, 0.29) is 24.1 Å². The second-order valence-corrected chi connectivity index (χ2v) is 4.00. The van der Waals surface area contributed by atoms with Gasteiger partial charge in [0.15, 0.2) is 0 Å². The van der Waals surface area contributed by atoms with Crippen LogP contribution < -0.4 is 5.32 Å². The van der Waals surface area contributed by atoms with Crippen LogP contribution in [0.15, 0.2) is 24.3 Å². The van der Waals surface area contributed by atoms with Gasteiger partial charge < -0.3 is 10.4 Å². The van der Waals surface area contributed by atoms with Crippen LogP contribution in [0.3, 0.4) is 0 Å². The molecule has 1 amide bonds. The molecule has 80 valence electrons. The Labute approximate surface area is 86.9 Å². The lowest BCUT2D eigenvalue weighted by Gasteiger charge is -2.24. The van der Waals surface area contributed by atoms with Gasteiger partial charge in [-0.05, 0) is 24.6 Å². The number of nitrogens with one attached hydrogen (secondary N) is 1. The van der Waals surface area contributed by atoms with Gasteiger partial charge in [-0.15, -0.1) is 0 Å². The van der Waals surface area contributed by atoms with Gasteiger partial charge in [-0.1, -0.05) is 12.1 Å². The molecule has 15 heavy (non-hydrogen) atoms. The lowest BCUT2D eigenvalue weighted by molar-refractivity contribution is -0.121. The van der Waals surface area contributed by atoms with E-state index in [4.69, 9.17) is 0 Å². The van der Waals surface area contributed by atoms with Gasteiger partial charge in [0, 0.05) is 12.3 Å². The van der Waals surface area contributed by atoms with Gasteiger partial charge in [-0.3, -0.25) is 4.79 Å². The molecule has 0 radical (unpaired) electrons. The van der Waals surface area contributed by atoms with Crippen LogP contribution in [0.5, 0.6) is 0 Å². The van der Waals surface area contributed by atoms with Crippen molar-refractivity contribution in [2.45, 2.75) is 25.0 Å². The Morgan fingerprint density at radius 1 is 1.47 bits per heavy atom. The summed E-state index contributed by atoms with van der Waals surface area (Å²) in [7, 11) is 0. The van der Waals surface area contributed by atoms with Crippen molar-refractivity contribution >= 4 is 5.91 Å². The molecule has 0 saturated carbocycles. The van der Waals surface area contributed by atoms with E-state index in [1.165, 1.54) is 12.1 Å². The summed E-state index contributed by atoms with van der Waals surface area (Å²) in [4.78, 5) is 11.2. The van der Waals surface area contributed by atoms with Gasteiger partial charge >= 0.3 is 0 Å². The highest BCUT2D eigenvalue weighted by molar-refractivity contribution is 5.80. The van der Waals surface area contributed by atoms with Crippen molar-refractivity contribution in [1.82, 2.24) is 5.32 Å². The number of amides is 1. The molecule has 1 fully saturated rings. The Balaban J connectivity index is 2.31. The molecule has 3 nitrogen and oxygen atoms in total. The minimum atomic E-state index is -1.24. The van der Waals surface area contributed by atoms with Crippen molar-refractivity contribution in [2.75, 3.05) is 0 Å². The second-order valence-electron chi connectivity index (χ2n) is 4.00. The summed E-state index contributed by atoms with van der Waals surface area (Å²) >= 11 is 0. The van der Waals surface area contributed by atoms with Crippen LogP contribution in [-0.2, 0) is 4.79 Å². The first-order valence-electron chi connectivity index (χ1n) is 4.78. The molecule has 0 aromatic heterocycles. The summed E-state index contributed by atoms with van der Waals surface area (Å²) in [5.74, 6) is -0.824. The van der Waals surface area contributed by atoms with E-state index in [1.54, 1.807) is 19.1 Å². The summed E-state index contributed by atoms with van der Waals surface area (Å²) in [6.45, 7) is 1.55. The molecule has 2 N–H and O–H groups in total. The molecule has 1 heterocycles. The number of hydrogen-bond donors (Lipinski definition) is 2. The molecule has 4 heteroatoms. The van der Waals surface area contributed by atoms with E-state index in [0.29, 0.717) is 0 Å². The van der Waals surface area contributed by atoms with Crippen LogP contribution >= 0.6 is 0 Å². The molecule has 0 bridgehead atoms. The van der Waals surface area contributed by atoms with Crippen LogP contribution in [0.2, 0.25) is 0 Å². The van der Waals surface area contributed by atoms with E-state index in [9.17, 15) is 14.3 Å². The van der Waals surface area contributed by atoms with E-state index in [1.807, 2.05) is 0 Å². The van der Waals surface area contributed by atoms with Crippen LogP contribution in [0.25, 0.3) is 0 Å². The Bertz CT molecular complexity index is 386. The first kappa shape index (κ1) is 10.1. The number of halogens is 1. The molecule has 1 aromatic carbocycles. The molecular weight excluding hydrogens is 197 g/mol. The van der Waals surface area contributed by atoms with Gasteiger partial charge in [0.05, 0.1) is 0 Å². The first-order chi connectivity index (χ1) is 6.99. The first-order valence-corrected chi connectivity index (χ1v) is 4.78. The average Bonchev–Trinajstić information content (AvgIpc) is 2.41. The Kier molecular flexibility index (Phi) is 2.23. The van der Waals surface area contributed by atoms with Gasteiger partial charge in [0.25, 0.3) is 0 Å². The topological polar surface area (TPSA) is 49.3 Å². The number of benzene rings is 1. The molecule has 0 aliphatic carbocycles. The second kappa shape index (κ2) is 3.31. The minimum absolute atomic E-state index is 0.186. The number of aliphatic hydroxyl groups is 1. The lowest BCUT2D eigenvalue weighted by Crippen LogP contribution is -2.41. The molecule has 1 aliphatic heterocycles. The predicted molar refractivity (Wildman–Crippen MR) is 52.5 cm³/mol. The Morgan fingerprint density at radius 3 is 2.53 bits per heavy atom. The molecule has 1 aromatic rings. The SMILES string of the molecule is CC1(O)NC(=O)CC1c1ccc(F)cc1. The number of rotatable bonds is 1. The number of carbonyl (C=O) groups excluding carboxylic acids is 1. The molecule has 2 atom stereocenters. The zero-order valence-corrected chi connectivity index (χ0v) is 8.33. The number of carbonyl (C=O) groups is 1. The molecule has 1 aliphatic rings. The molecular formula is C11H12FNO2. The maximum atomic E-state index is 12.7. The van der Waals surface area contributed by atoms with Crippen molar-refractivity contribution in [3.05, 3.63) is 35.6 Å². The monoisotopic (exact) mass is 209 g/mol. The van der Waals surface area contributed by atoms with Crippen molar-refractivity contribution in [3.8, 4) is 0 Å². The smallest absolute Gasteiger partial charge is 0.222 e.